The van der Waals surface area contributed by atoms with E-state index >= 15 is 0 Å². The predicted molar refractivity (Wildman–Crippen MR) is 77.1 cm³/mol. The number of esters is 2. The Hall–Kier alpha value is -1.06. The fourth-order valence-corrected chi connectivity index (χ4v) is 2.68. The lowest BCUT2D eigenvalue weighted by Crippen LogP contribution is -2.28. The van der Waals surface area contributed by atoms with E-state index in [1.807, 2.05) is 0 Å². The van der Waals surface area contributed by atoms with Crippen LogP contribution in [0.4, 0.5) is 0 Å². The SMILES string of the molecule is COC(=O)C1CCC(C(=O)OCCCCC(C)C)CC1. The number of rotatable bonds is 7. The zero-order valence-corrected chi connectivity index (χ0v) is 13.0. The maximum absolute atomic E-state index is 11.9. The molecule has 1 fully saturated rings. The van der Waals surface area contributed by atoms with Crippen LogP contribution in [0.25, 0.3) is 0 Å². The van der Waals surface area contributed by atoms with E-state index in [9.17, 15) is 9.59 Å². The Morgan fingerprint density at radius 2 is 1.55 bits per heavy atom. The van der Waals surface area contributed by atoms with Gasteiger partial charge in [-0.05, 0) is 44.4 Å². The number of hydrogen-bond donors (Lipinski definition) is 0. The van der Waals surface area contributed by atoms with E-state index < -0.39 is 0 Å². The largest absolute Gasteiger partial charge is 0.469 e. The molecule has 0 aromatic rings. The molecule has 0 aromatic carbocycles. The topological polar surface area (TPSA) is 52.6 Å². The monoisotopic (exact) mass is 284 g/mol. The molecule has 1 saturated carbocycles. The molecule has 1 aliphatic carbocycles. The molecule has 0 aliphatic heterocycles. The van der Waals surface area contributed by atoms with E-state index in [0.717, 1.165) is 38.5 Å². The molecule has 0 N–H and O–H groups in total. The molecule has 0 unspecified atom stereocenters. The van der Waals surface area contributed by atoms with Gasteiger partial charge in [0.2, 0.25) is 0 Å². The normalized spacial score (nSPS) is 22.6. The Kier molecular flexibility index (Phi) is 7.63. The van der Waals surface area contributed by atoms with Crippen LogP contribution in [-0.2, 0) is 19.1 Å². The Labute approximate surface area is 122 Å². The van der Waals surface area contributed by atoms with Crippen LogP contribution in [0, 0.1) is 17.8 Å². The number of ether oxygens (including phenoxy) is 2. The van der Waals surface area contributed by atoms with Crippen LogP contribution in [0.2, 0.25) is 0 Å². The summed E-state index contributed by atoms with van der Waals surface area (Å²) in [5.41, 5.74) is 0. The molecule has 1 rings (SSSR count). The Balaban J connectivity index is 2.14. The van der Waals surface area contributed by atoms with Crippen LogP contribution >= 0.6 is 0 Å². The van der Waals surface area contributed by atoms with Gasteiger partial charge in [-0.2, -0.15) is 0 Å². The number of carbonyl (C=O) groups excluding carboxylic acids is 2. The molecule has 0 spiro atoms. The van der Waals surface area contributed by atoms with Crippen molar-refractivity contribution in [3.63, 3.8) is 0 Å². The average molecular weight is 284 g/mol. The summed E-state index contributed by atoms with van der Waals surface area (Å²) in [4.78, 5) is 23.3. The third-order valence-electron chi connectivity index (χ3n) is 4.02. The van der Waals surface area contributed by atoms with Gasteiger partial charge in [0.1, 0.15) is 0 Å². The van der Waals surface area contributed by atoms with Gasteiger partial charge >= 0.3 is 11.9 Å². The minimum atomic E-state index is -0.148. The molecule has 0 saturated heterocycles. The fourth-order valence-electron chi connectivity index (χ4n) is 2.68. The van der Waals surface area contributed by atoms with E-state index in [1.165, 1.54) is 13.5 Å². The molecule has 0 amide bonds. The first-order valence-corrected chi connectivity index (χ1v) is 7.79. The maximum Gasteiger partial charge on any atom is 0.308 e. The van der Waals surface area contributed by atoms with Gasteiger partial charge in [0, 0.05) is 0 Å². The summed E-state index contributed by atoms with van der Waals surface area (Å²) in [6, 6.07) is 0. The van der Waals surface area contributed by atoms with Crippen molar-refractivity contribution < 1.29 is 19.1 Å². The lowest BCUT2D eigenvalue weighted by molar-refractivity contribution is -0.153. The summed E-state index contributed by atoms with van der Waals surface area (Å²) >= 11 is 0. The molecule has 0 bridgehead atoms. The van der Waals surface area contributed by atoms with Crippen molar-refractivity contribution >= 4 is 11.9 Å². The molecule has 0 aromatic heterocycles. The third kappa shape index (κ3) is 5.93. The lowest BCUT2D eigenvalue weighted by atomic mass is 9.82. The number of hydrogen-bond acceptors (Lipinski definition) is 4. The third-order valence-corrected chi connectivity index (χ3v) is 4.02. The van der Waals surface area contributed by atoms with Gasteiger partial charge < -0.3 is 9.47 Å². The smallest absolute Gasteiger partial charge is 0.308 e. The first kappa shape index (κ1) is 17.0. The van der Waals surface area contributed by atoms with Crippen molar-refractivity contribution in [1.29, 1.82) is 0 Å². The van der Waals surface area contributed by atoms with Gasteiger partial charge in [-0.1, -0.05) is 20.3 Å². The van der Waals surface area contributed by atoms with Crippen LogP contribution in [-0.4, -0.2) is 25.7 Å². The highest BCUT2D eigenvalue weighted by Gasteiger charge is 2.31. The zero-order valence-electron chi connectivity index (χ0n) is 13.0. The summed E-state index contributed by atoms with van der Waals surface area (Å²) in [5, 5.41) is 0. The Morgan fingerprint density at radius 1 is 1.00 bits per heavy atom. The Bertz CT molecular complexity index is 304. The molecule has 4 heteroatoms. The highest BCUT2D eigenvalue weighted by molar-refractivity contribution is 5.75. The van der Waals surface area contributed by atoms with E-state index in [1.54, 1.807) is 0 Å². The molecule has 20 heavy (non-hydrogen) atoms. The molecular formula is C16H28O4. The quantitative estimate of drug-likeness (QED) is 0.531. The van der Waals surface area contributed by atoms with Crippen molar-refractivity contribution in [2.75, 3.05) is 13.7 Å². The number of carbonyl (C=O) groups is 2. The van der Waals surface area contributed by atoms with Crippen molar-refractivity contribution in [2.45, 2.75) is 58.8 Å². The first-order chi connectivity index (χ1) is 9.54. The second-order valence-corrected chi connectivity index (χ2v) is 6.13. The second-order valence-electron chi connectivity index (χ2n) is 6.13. The van der Waals surface area contributed by atoms with Crippen molar-refractivity contribution in [3.8, 4) is 0 Å². The summed E-state index contributed by atoms with van der Waals surface area (Å²) in [5.74, 6) is 0.416. The minimum absolute atomic E-state index is 0.0268. The molecule has 116 valence electrons. The highest BCUT2D eigenvalue weighted by atomic mass is 16.5. The molecular weight excluding hydrogens is 256 g/mol. The van der Waals surface area contributed by atoms with E-state index in [4.69, 9.17) is 9.47 Å². The van der Waals surface area contributed by atoms with E-state index in [2.05, 4.69) is 13.8 Å². The van der Waals surface area contributed by atoms with Gasteiger partial charge in [0.15, 0.2) is 0 Å². The molecule has 0 atom stereocenters. The predicted octanol–water partition coefficient (Wildman–Crippen LogP) is 3.34. The summed E-state index contributed by atoms with van der Waals surface area (Å²) in [7, 11) is 1.42. The second kappa shape index (κ2) is 8.98. The number of methoxy groups -OCH3 is 1. The van der Waals surface area contributed by atoms with Gasteiger partial charge in [0.25, 0.3) is 0 Å². The standard InChI is InChI=1S/C16H28O4/c1-12(2)6-4-5-11-20-16(18)14-9-7-13(8-10-14)15(17)19-3/h12-14H,4-11H2,1-3H3. The van der Waals surface area contributed by atoms with Gasteiger partial charge in [-0.15, -0.1) is 0 Å². The Morgan fingerprint density at radius 3 is 2.05 bits per heavy atom. The first-order valence-electron chi connectivity index (χ1n) is 7.79. The van der Waals surface area contributed by atoms with Crippen LogP contribution in [0.3, 0.4) is 0 Å². The van der Waals surface area contributed by atoms with Crippen LogP contribution in [0.15, 0.2) is 0 Å². The molecule has 0 radical (unpaired) electrons. The van der Waals surface area contributed by atoms with Crippen LogP contribution in [0.1, 0.15) is 58.8 Å². The molecule has 1 aliphatic rings. The van der Waals surface area contributed by atoms with Crippen LogP contribution < -0.4 is 0 Å². The zero-order chi connectivity index (χ0) is 15.0. The summed E-state index contributed by atoms with van der Waals surface area (Å²) < 4.78 is 10.1. The van der Waals surface area contributed by atoms with E-state index in [0.29, 0.717) is 12.5 Å². The fraction of sp³-hybridized carbons (Fsp3) is 0.875. The minimum Gasteiger partial charge on any atom is -0.469 e. The van der Waals surface area contributed by atoms with Crippen molar-refractivity contribution in [2.24, 2.45) is 17.8 Å². The van der Waals surface area contributed by atoms with Crippen LogP contribution in [0.5, 0.6) is 0 Å². The molecule has 4 nitrogen and oxygen atoms in total. The molecule has 0 heterocycles. The highest BCUT2D eigenvalue weighted by Crippen LogP contribution is 2.30. The summed E-state index contributed by atoms with van der Waals surface area (Å²) in [6.45, 7) is 4.93. The lowest BCUT2D eigenvalue weighted by Gasteiger charge is -2.25. The van der Waals surface area contributed by atoms with Gasteiger partial charge in [-0.3, -0.25) is 9.59 Å². The average Bonchev–Trinajstić information content (AvgIpc) is 2.45. The van der Waals surface area contributed by atoms with E-state index in [-0.39, 0.29) is 23.8 Å². The van der Waals surface area contributed by atoms with Gasteiger partial charge in [0.05, 0.1) is 25.6 Å². The van der Waals surface area contributed by atoms with Crippen molar-refractivity contribution in [1.82, 2.24) is 0 Å². The maximum atomic E-state index is 11.9. The number of unbranched alkanes of at least 4 members (excludes halogenated alkanes) is 1. The summed E-state index contributed by atoms with van der Waals surface area (Å²) in [6.07, 6.45) is 6.19. The van der Waals surface area contributed by atoms with Gasteiger partial charge in [-0.25, -0.2) is 0 Å². The van der Waals surface area contributed by atoms with Crippen molar-refractivity contribution in [3.05, 3.63) is 0 Å².